The maximum atomic E-state index is 12.0. The molecule has 0 aromatic heterocycles. The minimum absolute atomic E-state index is 0.0537. The fourth-order valence-electron chi connectivity index (χ4n) is 1.32. The van der Waals surface area contributed by atoms with E-state index in [2.05, 4.69) is 25.5 Å². The highest BCUT2D eigenvalue weighted by Crippen LogP contribution is 2.24. The van der Waals surface area contributed by atoms with Crippen LogP contribution in [0, 0.1) is 0 Å². The van der Waals surface area contributed by atoms with E-state index in [0.29, 0.717) is 0 Å². The molecule has 86 valence electrons. The van der Waals surface area contributed by atoms with Crippen LogP contribution in [0.4, 0.5) is 0 Å². The molecular formula is C11H25NOS. The molecule has 14 heavy (non-hydrogen) atoms. The van der Waals surface area contributed by atoms with Gasteiger partial charge in [-0.2, -0.15) is 0 Å². The minimum atomic E-state index is -0.956. The van der Waals surface area contributed by atoms with Crippen LogP contribution < -0.4 is 4.72 Å². The first-order chi connectivity index (χ1) is 6.31. The van der Waals surface area contributed by atoms with E-state index in [1.807, 2.05) is 20.8 Å². The van der Waals surface area contributed by atoms with E-state index in [4.69, 9.17) is 0 Å². The maximum Gasteiger partial charge on any atom is 0.136 e. The summed E-state index contributed by atoms with van der Waals surface area (Å²) in [5.74, 6) is 0. The highest BCUT2D eigenvalue weighted by molar-refractivity contribution is 7.90. The van der Waals surface area contributed by atoms with Crippen LogP contribution in [0.2, 0.25) is 0 Å². The van der Waals surface area contributed by atoms with Crippen molar-refractivity contribution in [1.29, 1.82) is 0 Å². The molecule has 3 heteroatoms. The van der Waals surface area contributed by atoms with Crippen LogP contribution in [0.15, 0.2) is 0 Å². The molecule has 1 unspecified atom stereocenters. The van der Waals surface area contributed by atoms with Gasteiger partial charge in [0, 0.05) is 11.4 Å². The van der Waals surface area contributed by atoms with Gasteiger partial charge in [0.15, 0.2) is 0 Å². The van der Waals surface area contributed by atoms with Crippen molar-refractivity contribution in [3.63, 3.8) is 0 Å². The van der Waals surface area contributed by atoms with E-state index in [-0.39, 0.29) is 10.3 Å². The van der Waals surface area contributed by atoms with E-state index in [9.17, 15) is 4.55 Å². The number of rotatable bonds is 5. The van der Waals surface area contributed by atoms with Crippen molar-refractivity contribution in [3.05, 3.63) is 0 Å². The van der Waals surface area contributed by atoms with Gasteiger partial charge in [0.1, 0.15) is 4.75 Å². The van der Waals surface area contributed by atoms with Crippen molar-refractivity contribution in [2.45, 2.75) is 71.1 Å². The second kappa shape index (κ2) is 5.38. The summed E-state index contributed by atoms with van der Waals surface area (Å²) in [4.78, 5) is 0. The lowest BCUT2D eigenvalue weighted by Gasteiger charge is -2.35. The summed E-state index contributed by atoms with van der Waals surface area (Å²) in [7, 11) is 0. The van der Waals surface area contributed by atoms with Crippen molar-refractivity contribution >= 4 is 11.4 Å². The van der Waals surface area contributed by atoms with Crippen LogP contribution in [-0.2, 0) is 11.4 Å². The van der Waals surface area contributed by atoms with Crippen molar-refractivity contribution < 1.29 is 4.55 Å². The van der Waals surface area contributed by atoms with E-state index < -0.39 is 11.4 Å². The van der Waals surface area contributed by atoms with Gasteiger partial charge in [-0.25, -0.2) is 0 Å². The summed E-state index contributed by atoms with van der Waals surface area (Å²) in [6.45, 7) is 12.5. The molecule has 0 aromatic carbocycles. The standard InChI is InChI=1S/C11H25NOS/c1-7-11(8-2,9-3)12-14(13)10(4,5)6/h12H,7-9H2,1-6H3. The van der Waals surface area contributed by atoms with Gasteiger partial charge in [0.25, 0.3) is 0 Å². The van der Waals surface area contributed by atoms with Crippen molar-refractivity contribution in [3.8, 4) is 0 Å². The summed E-state index contributed by atoms with van der Waals surface area (Å²) in [6.07, 6.45) is 3.09. The minimum Gasteiger partial charge on any atom is -0.598 e. The zero-order valence-electron chi connectivity index (χ0n) is 10.4. The average Bonchev–Trinajstić information content (AvgIpc) is 2.12. The fraction of sp³-hybridized carbons (Fsp3) is 1.00. The molecule has 1 N–H and O–H groups in total. The fourth-order valence-corrected chi connectivity index (χ4v) is 2.45. The second-order valence-electron chi connectivity index (χ2n) is 4.82. The molecule has 0 aliphatic heterocycles. The molecule has 0 fully saturated rings. The highest BCUT2D eigenvalue weighted by atomic mass is 32.2. The molecule has 0 heterocycles. The molecule has 0 spiro atoms. The molecule has 0 aromatic rings. The third-order valence-electron chi connectivity index (χ3n) is 2.90. The SMILES string of the molecule is CCC(CC)(CC)N[S+]([O-])C(C)(C)C. The lowest BCUT2D eigenvalue weighted by molar-refractivity contribution is 0.337. The Labute approximate surface area is 92.2 Å². The van der Waals surface area contributed by atoms with Crippen LogP contribution in [0.3, 0.4) is 0 Å². The molecular weight excluding hydrogens is 194 g/mol. The smallest absolute Gasteiger partial charge is 0.136 e. The van der Waals surface area contributed by atoms with Crippen LogP contribution >= 0.6 is 0 Å². The predicted molar refractivity (Wildman–Crippen MR) is 64.6 cm³/mol. The molecule has 0 radical (unpaired) electrons. The number of hydrogen-bond donors (Lipinski definition) is 1. The average molecular weight is 219 g/mol. The zero-order chi connectivity index (χ0) is 11.4. The Morgan fingerprint density at radius 1 is 1.00 bits per heavy atom. The monoisotopic (exact) mass is 219 g/mol. The highest BCUT2D eigenvalue weighted by Gasteiger charge is 2.35. The Hall–Kier alpha value is 0.270. The molecule has 0 bridgehead atoms. The third-order valence-corrected chi connectivity index (χ3v) is 4.63. The van der Waals surface area contributed by atoms with E-state index in [1.165, 1.54) is 0 Å². The Kier molecular flexibility index (Phi) is 5.48. The van der Waals surface area contributed by atoms with Gasteiger partial charge in [-0.05, 0) is 40.0 Å². The van der Waals surface area contributed by atoms with Gasteiger partial charge in [-0.15, -0.1) is 4.72 Å². The summed E-state index contributed by atoms with van der Waals surface area (Å²) in [5, 5.41) is 0. The van der Waals surface area contributed by atoms with Gasteiger partial charge in [-0.3, -0.25) is 0 Å². The van der Waals surface area contributed by atoms with Crippen molar-refractivity contribution in [2.24, 2.45) is 0 Å². The van der Waals surface area contributed by atoms with Crippen molar-refractivity contribution in [2.75, 3.05) is 0 Å². The van der Waals surface area contributed by atoms with Crippen molar-refractivity contribution in [1.82, 2.24) is 4.72 Å². The molecule has 0 aliphatic rings. The molecule has 0 saturated carbocycles. The summed E-state index contributed by atoms with van der Waals surface area (Å²) in [5.41, 5.74) is 0.0537. The normalized spacial score (nSPS) is 15.6. The molecule has 0 saturated heterocycles. The molecule has 0 aliphatic carbocycles. The first kappa shape index (κ1) is 14.3. The Bertz CT molecular complexity index is 153. The Morgan fingerprint density at radius 2 is 1.36 bits per heavy atom. The van der Waals surface area contributed by atoms with E-state index in [1.54, 1.807) is 0 Å². The maximum absolute atomic E-state index is 12.0. The third kappa shape index (κ3) is 3.79. The summed E-state index contributed by atoms with van der Waals surface area (Å²) in [6, 6.07) is 0. The van der Waals surface area contributed by atoms with E-state index in [0.717, 1.165) is 19.3 Å². The van der Waals surface area contributed by atoms with Gasteiger partial charge >= 0.3 is 0 Å². The van der Waals surface area contributed by atoms with Gasteiger partial charge in [-0.1, -0.05) is 20.8 Å². The van der Waals surface area contributed by atoms with Crippen LogP contribution in [0.25, 0.3) is 0 Å². The molecule has 0 rings (SSSR count). The van der Waals surface area contributed by atoms with Crippen LogP contribution in [-0.4, -0.2) is 14.8 Å². The molecule has 1 atom stereocenters. The lowest BCUT2D eigenvalue weighted by Crippen LogP contribution is -2.52. The predicted octanol–water partition coefficient (Wildman–Crippen LogP) is 3.01. The first-order valence-corrected chi connectivity index (χ1v) is 6.66. The van der Waals surface area contributed by atoms with Crippen LogP contribution in [0.1, 0.15) is 60.8 Å². The Morgan fingerprint density at radius 3 is 1.57 bits per heavy atom. The lowest BCUT2D eigenvalue weighted by atomic mass is 9.91. The number of nitrogens with one attached hydrogen (secondary N) is 1. The summed E-state index contributed by atoms with van der Waals surface area (Å²) < 4.78 is 15.1. The quantitative estimate of drug-likeness (QED) is 0.721. The zero-order valence-corrected chi connectivity index (χ0v) is 11.3. The van der Waals surface area contributed by atoms with Gasteiger partial charge in [0.05, 0.1) is 5.54 Å². The van der Waals surface area contributed by atoms with E-state index >= 15 is 0 Å². The second-order valence-corrected chi connectivity index (χ2v) is 6.79. The summed E-state index contributed by atoms with van der Waals surface area (Å²) >= 11 is -0.956. The Balaban J connectivity index is 4.45. The van der Waals surface area contributed by atoms with Crippen LogP contribution in [0.5, 0.6) is 0 Å². The first-order valence-electron chi connectivity index (χ1n) is 5.51. The molecule has 0 amide bonds. The number of hydrogen-bond acceptors (Lipinski definition) is 2. The van der Waals surface area contributed by atoms with Gasteiger partial charge < -0.3 is 4.55 Å². The largest absolute Gasteiger partial charge is 0.598 e. The van der Waals surface area contributed by atoms with Gasteiger partial charge in [0.2, 0.25) is 0 Å². The topological polar surface area (TPSA) is 35.1 Å². The molecule has 2 nitrogen and oxygen atoms in total.